The van der Waals surface area contributed by atoms with E-state index in [4.69, 9.17) is 14.2 Å². The van der Waals surface area contributed by atoms with E-state index in [1.807, 2.05) is 18.2 Å². The van der Waals surface area contributed by atoms with Gasteiger partial charge in [-0.05, 0) is 91.9 Å². The molecule has 172 valence electrons. The van der Waals surface area contributed by atoms with Crippen molar-refractivity contribution in [2.24, 2.45) is 17.8 Å². The van der Waals surface area contributed by atoms with Gasteiger partial charge in [-0.1, -0.05) is 56.3 Å². The number of ether oxygens (including phenoxy) is 3. The summed E-state index contributed by atoms with van der Waals surface area (Å²) >= 11 is 0. The molecule has 4 aliphatic rings. The van der Waals surface area contributed by atoms with Crippen molar-refractivity contribution in [3.05, 3.63) is 65.7 Å². The van der Waals surface area contributed by atoms with E-state index in [0.717, 1.165) is 35.5 Å². The summed E-state index contributed by atoms with van der Waals surface area (Å²) in [6.07, 6.45) is 8.70. The van der Waals surface area contributed by atoms with E-state index in [2.05, 4.69) is 50.2 Å². The summed E-state index contributed by atoms with van der Waals surface area (Å²) in [4.78, 5) is 0. The van der Waals surface area contributed by atoms with E-state index in [1.54, 1.807) is 0 Å². The fraction of sp³-hybridized carbons (Fsp3) is 0.586. The monoisotopic (exact) mass is 434 g/mol. The van der Waals surface area contributed by atoms with Crippen molar-refractivity contribution in [2.45, 2.75) is 83.2 Å². The molecule has 0 spiro atoms. The van der Waals surface area contributed by atoms with Gasteiger partial charge in [-0.3, -0.25) is 0 Å². The first kappa shape index (κ1) is 22.0. The topological polar surface area (TPSA) is 27.7 Å². The molecule has 0 amide bonds. The smallest absolute Gasteiger partial charge is 0.223 e. The Morgan fingerprint density at radius 2 is 1.50 bits per heavy atom. The summed E-state index contributed by atoms with van der Waals surface area (Å²) in [6.45, 7) is 5.51. The predicted molar refractivity (Wildman–Crippen MR) is 128 cm³/mol. The molecule has 4 bridgehead atoms. The molecular weight excluding hydrogens is 396 g/mol. The van der Waals surface area contributed by atoms with Crippen LogP contribution >= 0.6 is 0 Å². The molecule has 0 aliphatic heterocycles. The Morgan fingerprint density at radius 3 is 2.09 bits per heavy atom. The van der Waals surface area contributed by atoms with Gasteiger partial charge in [-0.15, -0.1) is 0 Å². The highest BCUT2D eigenvalue weighted by Crippen LogP contribution is 2.57. The fourth-order valence-electron chi connectivity index (χ4n) is 6.59. The van der Waals surface area contributed by atoms with Crippen LogP contribution in [0.5, 0.6) is 5.75 Å². The summed E-state index contributed by atoms with van der Waals surface area (Å²) in [6, 6.07) is 18.8. The lowest BCUT2D eigenvalue weighted by atomic mass is 9.54. The van der Waals surface area contributed by atoms with Gasteiger partial charge in [0.15, 0.2) is 0 Å². The molecule has 6 rings (SSSR count). The molecule has 0 heterocycles. The number of hydrogen-bond donors (Lipinski definition) is 0. The van der Waals surface area contributed by atoms with Crippen LogP contribution in [0.15, 0.2) is 54.6 Å². The zero-order chi connectivity index (χ0) is 22.0. The van der Waals surface area contributed by atoms with Crippen LogP contribution in [0.4, 0.5) is 0 Å². The predicted octanol–water partition coefficient (Wildman–Crippen LogP) is 7.11. The van der Waals surface area contributed by atoms with E-state index in [-0.39, 0.29) is 5.60 Å². The Bertz CT molecular complexity index is 824. The van der Waals surface area contributed by atoms with Crippen molar-refractivity contribution < 1.29 is 14.2 Å². The summed E-state index contributed by atoms with van der Waals surface area (Å²) in [5.74, 6) is 4.04. The lowest BCUT2D eigenvalue weighted by Gasteiger charge is -2.56. The largest absolute Gasteiger partial charge is 0.462 e. The third kappa shape index (κ3) is 5.05. The lowest BCUT2D eigenvalue weighted by Crippen LogP contribution is -2.53. The van der Waals surface area contributed by atoms with Gasteiger partial charge in [0.1, 0.15) is 12.4 Å². The SMILES string of the molecule is CCC(C)c1ccc(OC(COC23CC4CC(CC(C4)C2)C3)OCc2ccccc2)cc1. The minimum absolute atomic E-state index is 0.0624. The minimum atomic E-state index is -0.405. The van der Waals surface area contributed by atoms with Gasteiger partial charge in [0.05, 0.1) is 12.2 Å². The van der Waals surface area contributed by atoms with Crippen LogP contribution in [0.1, 0.15) is 75.8 Å². The molecule has 32 heavy (non-hydrogen) atoms. The Hall–Kier alpha value is -1.84. The van der Waals surface area contributed by atoms with E-state index in [1.165, 1.54) is 44.1 Å². The Morgan fingerprint density at radius 1 is 0.875 bits per heavy atom. The first-order valence-electron chi connectivity index (χ1n) is 12.7. The molecule has 2 aromatic rings. The Labute approximate surface area is 193 Å². The Balaban J connectivity index is 1.25. The molecule has 2 unspecified atom stereocenters. The van der Waals surface area contributed by atoms with Gasteiger partial charge in [-0.25, -0.2) is 0 Å². The molecule has 4 fully saturated rings. The zero-order valence-corrected chi connectivity index (χ0v) is 19.7. The second kappa shape index (κ2) is 9.57. The highest BCUT2D eigenvalue weighted by atomic mass is 16.7. The molecule has 2 aromatic carbocycles. The van der Waals surface area contributed by atoms with Crippen LogP contribution < -0.4 is 4.74 Å². The molecule has 4 aliphatic carbocycles. The van der Waals surface area contributed by atoms with Crippen molar-refractivity contribution in [2.75, 3.05) is 6.61 Å². The number of rotatable bonds is 10. The molecule has 3 nitrogen and oxygen atoms in total. The fourth-order valence-corrected chi connectivity index (χ4v) is 6.59. The van der Waals surface area contributed by atoms with Crippen LogP contribution in [-0.4, -0.2) is 18.5 Å². The van der Waals surface area contributed by atoms with Crippen molar-refractivity contribution in [1.82, 2.24) is 0 Å². The highest BCUT2D eigenvalue weighted by Gasteiger charge is 2.51. The molecule has 2 atom stereocenters. The summed E-state index contributed by atoms with van der Waals surface area (Å²) in [5, 5.41) is 0. The van der Waals surface area contributed by atoms with E-state index < -0.39 is 6.29 Å². The average molecular weight is 435 g/mol. The minimum Gasteiger partial charge on any atom is -0.462 e. The molecular formula is C29H38O3. The maximum Gasteiger partial charge on any atom is 0.223 e. The van der Waals surface area contributed by atoms with Crippen LogP contribution in [-0.2, 0) is 16.1 Å². The molecule has 0 radical (unpaired) electrons. The quantitative estimate of drug-likeness (QED) is 0.373. The Kier molecular flexibility index (Phi) is 6.57. The summed E-state index contributed by atoms with van der Waals surface area (Å²) in [7, 11) is 0. The first-order valence-corrected chi connectivity index (χ1v) is 12.7. The average Bonchev–Trinajstić information content (AvgIpc) is 2.80. The second-order valence-corrected chi connectivity index (χ2v) is 10.6. The third-order valence-electron chi connectivity index (χ3n) is 8.12. The van der Waals surface area contributed by atoms with Crippen LogP contribution in [0, 0.1) is 17.8 Å². The number of hydrogen-bond acceptors (Lipinski definition) is 3. The molecule has 3 heteroatoms. The normalized spacial score (nSPS) is 30.2. The van der Waals surface area contributed by atoms with Gasteiger partial charge in [0, 0.05) is 0 Å². The summed E-state index contributed by atoms with van der Waals surface area (Å²) in [5.41, 5.74) is 2.57. The third-order valence-corrected chi connectivity index (χ3v) is 8.12. The highest BCUT2D eigenvalue weighted by molar-refractivity contribution is 5.29. The number of benzene rings is 2. The molecule has 0 aromatic heterocycles. The van der Waals surface area contributed by atoms with Crippen molar-refractivity contribution in [3.63, 3.8) is 0 Å². The van der Waals surface area contributed by atoms with Crippen LogP contribution in [0.25, 0.3) is 0 Å². The maximum absolute atomic E-state index is 6.69. The lowest BCUT2D eigenvalue weighted by molar-refractivity contribution is -0.208. The van der Waals surface area contributed by atoms with Crippen molar-refractivity contribution in [1.29, 1.82) is 0 Å². The first-order chi connectivity index (χ1) is 15.6. The summed E-state index contributed by atoms with van der Waals surface area (Å²) < 4.78 is 19.3. The molecule has 0 saturated heterocycles. The van der Waals surface area contributed by atoms with Gasteiger partial charge in [-0.2, -0.15) is 0 Å². The van der Waals surface area contributed by atoms with Crippen molar-refractivity contribution >= 4 is 0 Å². The second-order valence-electron chi connectivity index (χ2n) is 10.6. The molecule has 0 N–H and O–H groups in total. The van der Waals surface area contributed by atoms with Crippen LogP contribution in [0.2, 0.25) is 0 Å². The van der Waals surface area contributed by atoms with Gasteiger partial charge >= 0.3 is 0 Å². The molecule has 4 saturated carbocycles. The van der Waals surface area contributed by atoms with E-state index in [0.29, 0.717) is 19.1 Å². The van der Waals surface area contributed by atoms with Gasteiger partial charge < -0.3 is 14.2 Å². The van der Waals surface area contributed by atoms with Crippen molar-refractivity contribution in [3.8, 4) is 5.75 Å². The zero-order valence-electron chi connectivity index (χ0n) is 19.7. The van der Waals surface area contributed by atoms with Crippen LogP contribution in [0.3, 0.4) is 0 Å². The van der Waals surface area contributed by atoms with Gasteiger partial charge in [0.25, 0.3) is 0 Å². The van der Waals surface area contributed by atoms with E-state index >= 15 is 0 Å². The van der Waals surface area contributed by atoms with Gasteiger partial charge in [0.2, 0.25) is 6.29 Å². The maximum atomic E-state index is 6.69. The van der Waals surface area contributed by atoms with E-state index in [9.17, 15) is 0 Å². The standard InChI is InChI=1S/C29H38O3/c1-3-21(2)26-9-11-27(12-10-26)32-28(30-19-22-7-5-4-6-8-22)20-31-29-16-23-13-24(17-29)15-25(14-23)18-29/h4-12,21,23-25,28H,3,13-20H2,1-2H3.